The van der Waals surface area contributed by atoms with E-state index in [0.717, 1.165) is 11.3 Å². The predicted octanol–water partition coefficient (Wildman–Crippen LogP) is 3.87. The van der Waals surface area contributed by atoms with Gasteiger partial charge in [0.15, 0.2) is 6.07 Å². The van der Waals surface area contributed by atoms with Crippen LogP contribution in [0.3, 0.4) is 0 Å². The first-order valence-electron chi connectivity index (χ1n) is 4.75. The fraction of sp³-hybridized carbons (Fsp3) is 0.500. The van der Waals surface area contributed by atoms with Crippen LogP contribution < -0.4 is 4.74 Å². The average molecular weight is 213 g/mol. The number of halogens is 1. The normalized spacial score (nSPS) is 11.5. The standard InChI is InChI=1S/C12H17ClO/c1-9-7-10(12(2,3)4)5-6-11(9)14-8-13/h5-7H,8H2,1-4H3. The molecule has 0 aromatic heterocycles. The Morgan fingerprint density at radius 1 is 1.29 bits per heavy atom. The Balaban J connectivity index is 3.01. The Kier molecular flexibility index (Phi) is 3.43. The number of benzene rings is 1. The van der Waals surface area contributed by atoms with E-state index in [0.29, 0.717) is 0 Å². The van der Waals surface area contributed by atoms with Crippen LogP contribution in [0.2, 0.25) is 0 Å². The third kappa shape index (κ3) is 2.65. The van der Waals surface area contributed by atoms with Crippen molar-refractivity contribution in [3.63, 3.8) is 0 Å². The molecule has 0 bridgehead atoms. The summed E-state index contributed by atoms with van der Waals surface area (Å²) in [5.74, 6) is 0.869. The Labute approximate surface area is 91.0 Å². The number of hydrogen-bond acceptors (Lipinski definition) is 1. The lowest BCUT2D eigenvalue weighted by Crippen LogP contribution is -2.11. The minimum absolute atomic E-state index is 0.185. The zero-order chi connectivity index (χ0) is 10.8. The maximum atomic E-state index is 5.52. The maximum absolute atomic E-state index is 5.52. The lowest BCUT2D eigenvalue weighted by atomic mass is 9.86. The van der Waals surface area contributed by atoms with Gasteiger partial charge in [0.2, 0.25) is 0 Å². The van der Waals surface area contributed by atoms with Crippen LogP contribution in [-0.2, 0) is 5.41 Å². The molecule has 1 rings (SSSR count). The van der Waals surface area contributed by atoms with E-state index >= 15 is 0 Å². The summed E-state index contributed by atoms with van der Waals surface area (Å²) in [6, 6.07) is 6.44. The fourth-order valence-corrected chi connectivity index (χ4v) is 1.45. The van der Waals surface area contributed by atoms with Crippen LogP contribution in [0.25, 0.3) is 0 Å². The van der Waals surface area contributed by atoms with Gasteiger partial charge in [-0.25, -0.2) is 0 Å². The molecule has 0 heterocycles. The molecular formula is C12H17ClO. The van der Waals surface area contributed by atoms with Crippen LogP contribution in [0.1, 0.15) is 31.9 Å². The van der Waals surface area contributed by atoms with Gasteiger partial charge < -0.3 is 4.74 Å². The van der Waals surface area contributed by atoms with Crippen molar-refractivity contribution in [3.05, 3.63) is 29.3 Å². The van der Waals surface area contributed by atoms with Crippen LogP contribution in [0.4, 0.5) is 0 Å². The zero-order valence-electron chi connectivity index (χ0n) is 9.23. The fourth-order valence-electron chi connectivity index (χ4n) is 1.34. The van der Waals surface area contributed by atoms with E-state index in [-0.39, 0.29) is 11.5 Å². The second kappa shape index (κ2) is 4.22. The smallest absolute Gasteiger partial charge is 0.162 e. The third-order valence-electron chi connectivity index (χ3n) is 2.25. The number of aryl methyl sites for hydroxylation is 1. The van der Waals surface area contributed by atoms with Gasteiger partial charge in [-0.15, -0.1) is 0 Å². The van der Waals surface area contributed by atoms with Crippen molar-refractivity contribution >= 4 is 11.6 Å². The summed E-state index contributed by atoms with van der Waals surface area (Å²) < 4.78 is 5.27. The molecule has 0 atom stereocenters. The van der Waals surface area contributed by atoms with E-state index in [1.807, 2.05) is 13.0 Å². The molecule has 0 saturated carbocycles. The van der Waals surface area contributed by atoms with Crippen molar-refractivity contribution in [2.45, 2.75) is 33.1 Å². The third-order valence-corrected chi connectivity index (χ3v) is 2.36. The van der Waals surface area contributed by atoms with Crippen molar-refractivity contribution < 1.29 is 4.74 Å². The number of alkyl halides is 1. The SMILES string of the molecule is Cc1cc(C(C)(C)C)ccc1OCCl. The Morgan fingerprint density at radius 3 is 2.36 bits per heavy atom. The van der Waals surface area contributed by atoms with Crippen molar-refractivity contribution in [2.75, 3.05) is 6.07 Å². The highest BCUT2D eigenvalue weighted by Gasteiger charge is 2.14. The molecule has 2 heteroatoms. The highest BCUT2D eigenvalue weighted by atomic mass is 35.5. The van der Waals surface area contributed by atoms with Gasteiger partial charge in [-0.2, -0.15) is 0 Å². The van der Waals surface area contributed by atoms with Crippen molar-refractivity contribution in [3.8, 4) is 5.75 Å². The molecule has 0 N–H and O–H groups in total. The topological polar surface area (TPSA) is 9.23 Å². The quantitative estimate of drug-likeness (QED) is 0.677. The zero-order valence-corrected chi connectivity index (χ0v) is 9.98. The predicted molar refractivity (Wildman–Crippen MR) is 61.2 cm³/mol. The Morgan fingerprint density at radius 2 is 1.93 bits per heavy atom. The molecule has 0 aliphatic carbocycles. The summed E-state index contributed by atoms with van der Waals surface area (Å²) in [6.07, 6.45) is 0. The van der Waals surface area contributed by atoms with E-state index in [2.05, 4.69) is 32.9 Å². The monoisotopic (exact) mass is 212 g/mol. The van der Waals surface area contributed by atoms with Gasteiger partial charge in [0.05, 0.1) is 0 Å². The number of ether oxygens (including phenoxy) is 1. The van der Waals surface area contributed by atoms with Crippen molar-refractivity contribution in [1.82, 2.24) is 0 Å². The summed E-state index contributed by atoms with van der Waals surface area (Å²) in [4.78, 5) is 0. The molecule has 0 aliphatic rings. The van der Waals surface area contributed by atoms with Crippen molar-refractivity contribution in [1.29, 1.82) is 0 Å². The van der Waals surface area contributed by atoms with Gasteiger partial charge in [0, 0.05) is 0 Å². The van der Waals surface area contributed by atoms with Gasteiger partial charge >= 0.3 is 0 Å². The highest BCUT2D eigenvalue weighted by Crippen LogP contribution is 2.27. The molecule has 78 valence electrons. The molecule has 0 radical (unpaired) electrons. The summed E-state index contributed by atoms with van der Waals surface area (Å²) >= 11 is 5.52. The van der Waals surface area contributed by atoms with Gasteiger partial charge in [-0.1, -0.05) is 44.5 Å². The van der Waals surface area contributed by atoms with E-state index in [4.69, 9.17) is 16.3 Å². The minimum Gasteiger partial charge on any atom is -0.478 e. The van der Waals surface area contributed by atoms with Crippen LogP contribution in [0, 0.1) is 6.92 Å². The molecule has 0 amide bonds. The van der Waals surface area contributed by atoms with Crippen LogP contribution in [0.5, 0.6) is 5.75 Å². The van der Waals surface area contributed by atoms with E-state index in [1.165, 1.54) is 5.56 Å². The van der Waals surface area contributed by atoms with Crippen molar-refractivity contribution in [2.24, 2.45) is 0 Å². The number of rotatable bonds is 2. The summed E-state index contributed by atoms with van der Waals surface area (Å²) in [6.45, 7) is 8.63. The highest BCUT2D eigenvalue weighted by molar-refractivity contribution is 6.17. The molecule has 0 aliphatic heterocycles. The van der Waals surface area contributed by atoms with Gasteiger partial charge in [-0.05, 0) is 29.5 Å². The van der Waals surface area contributed by atoms with E-state index in [9.17, 15) is 0 Å². The molecular weight excluding hydrogens is 196 g/mol. The summed E-state index contributed by atoms with van der Waals surface area (Å²) in [7, 11) is 0. The van der Waals surface area contributed by atoms with Crippen LogP contribution in [0.15, 0.2) is 18.2 Å². The molecule has 1 aromatic rings. The average Bonchev–Trinajstić information content (AvgIpc) is 2.07. The molecule has 1 aromatic carbocycles. The second-order valence-corrected chi connectivity index (χ2v) is 4.70. The first kappa shape index (κ1) is 11.4. The first-order chi connectivity index (χ1) is 6.45. The molecule has 0 spiro atoms. The van der Waals surface area contributed by atoms with Gasteiger partial charge in [0.25, 0.3) is 0 Å². The molecule has 0 saturated heterocycles. The van der Waals surface area contributed by atoms with Gasteiger partial charge in [-0.3, -0.25) is 0 Å². The lowest BCUT2D eigenvalue weighted by molar-refractivity contribution is 0.384. The Bertz CT molecular complexity index is 313. The first-order valence-corrected chi connectivity index (χ1v) is 5.28. The molecule has 0 unspecified atom stereocenters. The Hall–Kier alpha value is -0.690. The molecule has 14 heavy (non-hydrogen) atoms. The minimum atomic E-state index is 0.185. The number of hydrogen-bond donors (Lipinski definition) is 0. The van der Waals surface area contributed by atoms with Crippen LogP contribution in [-0.4, -0.2) is 6.07 Å². The summed E-state index contributed by atoms with van der Waals surface area (Å²) in [5, 5.41) is 0. The summed E-state index contributed by atoms with van der Waals surface area (Å²) in [5.41, 5.74) is 2.64. The van der Waals surface area contributed by atoms with E-state index in [1.54, 1.807) is 0 Å². The second-order valence-electron chi connectivity index (χ2n) is 4.48. The largest absolute Gasteiger partial charge is 0.478 e. The van der Waals surface area contributed by atoms with Gasteiger partial charge in [0.1, 0.15) is 5.75 Å². The molecule has 0 fully saturated rings. The maximum Gasteiger partial charge on any atom is 0.162 e. The van der Waals surface area contributed by atoms with E-state index < -0.39 is 0 Å². The van der Waals surface area contributed by atoms with Crippen LogP contribution >= 0.6 is 11.6 Å². The lowest BCUT2D eigenvalue weighted by Gasteiger charge is -2.20. The molecule has 1 nitrogen and oxygen atoms in total.